The summed E-state index contributed by atoms with van der Waals surface area (Å²) in [5.74, 6) is -0.362. The zero-order valence-corrected chi connectivity index (χ0v) is 14.1. The maximum Gasteiger partial charge on any atom is 0.128 e. The number of nitrogens with one attached hydrogen (secondary N) is 1. The van der Waals surface area contributed by atoms with E-state index in [0.717, 1.165) is 32.6 Å². The zero-order chi connectivity index (χ0) is 13.8. The van der Waals surface area contributed by atoms with E-state index in [0.29, 0.717) is 11.5 Å². The third-order valence-electron chi connectivity index (χ3n) is 4.00. The minimum absolute atomic E-state index is 0. The van der Waals surface area contributed by atoms with Gasteiger partial charge in [-0.2, -0.15) is 0 Å². The molecule has 0 aliphatic carbocycles. The first-order valence-electron chi connectivity index (χ1n) is 7.03. The van der Waals surface area contributed by atoms with Gasteiger partial charge in [-0.3, -0.25) is 4.90 Å². The number of halogens is 4. The van der Waals surface area contributed by atoms with Crippen LogP contribution in [0.2, 0.25) is 0 Å². The van der Waals surface area contributed by atoms with Gasteiger partial charge >= 0.3 is 0 Å². The Labute approximate surface area is 138 Å². The van der Waals surface area contributed by atoms with E-state index >= 15 is 0 Å². The summed E-state index contributed by atoms with van der Waals surface area (Å²) in [6.07, 6.45) is 0.949. The fraction of sp³-hybridized carbons (Fsp3) is 0.600. The van der Waals surface area contributed by atoms with Crippen molar-refractivity contribution in [2.75, 3.05) is 26.2 Å². The first-order valence-corrected chi connectivity index (χ1v) is 7.03. The summed E-state index contributed by atoms with van der Waals surface area (Å²) in [5.41, 5.74) is 0.497. The van der Waals surface area contributed by atoms with Crippen molar-refractivity contribution in [2.45, 2.75) is 26.3 Å². The van der Waals surface area contributed by atoms with Crippen molar-refractivity contribution in [3.05, 3.63) is 35.4 Å². The van der Waals surface area contributed by atoms with Gasteiger partial charge in [0.15, 0.2) is 0 Å². The molecule has 0 aromatic heterocycles. The van der Waals surface area contributed by atoms with Crippen LogP contribution in [0.1, 0.15) is 31.9 Å². The van der Waals surface area contributed by atoms with Crippen LogP contribution < -0.4 is 5.32 Å². The van der Waals surface area contributed by atoms with E-state index in [9.17, 15) is 8.78 Å². The second kappa shape index (κ2) is 9.57. The standard InChI is InChI=1S/C15H22F2N2.2ClH/c1-3-11(2)15(19-8-6-18-7-9-19)13-10-12(16)4-5-14(13)17;;/h4-5,10-11,15,18H,3,6-9H2,1-2H3;2*1H/t11?,15-;;/m1../s1. The van der Waals surface area contributed by atoms with E-state index in [1.54, 1.807) is 0 Å². The monoisotopic (exact) mass is 340 g/mol. The van der Waals surface area contributed by atoms with Gasteiger partial charge in [0.1, 0.15) is 11.6 Å². The second-order valence-corrected chi connectivity index (χ2v) is 5.28. The van der Waals surface area contributed by atoms with Crippen LogP contribution in [0, 0.1) is 17.6 Å². The number of hydrogen-bond acceptors (Lipinski definition) is 2. The van der Waals surface area contributed by atoms with Gasteiger partial charge in [-0.1, -0.05) is 20.3 Å². The van der Waals surface area contributed by atoms with Crippen LogP contribution in [0.3, 0.4) is 0 Å². The lowest BCUT2D eigenvalue weighted by atomic mass is 9.90. The molecule has 122 valence electrons. The maximum atomic E-state index is 14.1. The molecular formula is C15H24Cl2F2N2. The summed E-state index contributed by atoms with van der Waals surface area (Å²) < 4.78 is 27.5. The lowest BCUT2D eigenvalue weighted by Crippen LogP contribution is -2.46. The molecule has 1 aromatic carbocycles. The average Bonchev–Trinajstić information content (AvgIpc) is 2.44. The third kappa shape index (κ3) is 5.06. The van der Waals surface area contributed by atoms with E-state index in [-0.39, 0.29) is 42.5 Å². The Kier molecular flexibility index (Phi) is 9.38. The van der Waals surface area contributed by atoms with Gasteiger partial charge in [-0.25, -0.2) is 8.78 Å². The molecule has 0 saturated carbocycles. The lowest BCUT2D eigenvalue weighted by molar-refractivity contribution is 0.125. The van der Waals surface area contributed by atoms with Crippen LogP contribution in [0.5, 0.6) is 0 Å². The van der Waals surface area contributed by atoms with E-state index < -0.39 is 0 Å². The first kappa shape index (κ1) is 20.6. The van der Waals surface area contributed by atoms with Gasteiger partial charge in [0.2, 0.25) is 0 Å². The van der Waals surface area contributed by atoms with Crippen molar-refractivity contribution in [3.63, 3.8) is 0 Å². The number of piperazine rings is 1. The molecule has 0 bridgehead atoms. The summed E-state index contributed by atoms with van der Waals surface area (Å²) >= 11 is 0. The Morgan fingerprint density at radius 3 is 2.38 bits per heavy atom. The molecule has 1 aliphatic heterocycles. The summed E-state index contributed by atoms with van der Waals surface area (Å²) in [7, 11) is 0. The van der Waals surface area contributed by atoms with Crippen molar-refractivity contribution in [1.82, 2.24) is 10.2 Å². The molecule has 2 rings (SSSR count). The van der Waals surface area contributed by atoms with Crippen molar-refractivity contribution in [2.24, 2.45) is 5.92 Å². The largest absolute Gasteiger partial charge is 0.314 e. The normalized spacial score (nSPS) is 18.3. The van der Waals surface area contributed by atoms with Crippen LogP contribution in [0.4, 0.5) is 8.78 Å². The SMILES string of the molecule is CCC(C)[C@H](c1cc(F)ccc1F)N1CCNCC1.Cl.Cl. The van der Waals surface area contributed by atoms with Crippen LogP contribution >= 0.6 is 24.8 Å². The Morgan fingerprint density at radius 2 is 1.81 bits per heavy atom. The summed E-state index contributed by atoms with van der Waals surface area (Å²) in [4.78, 5) is 2.27. The maximum absolute atomic E-state index is 14.1. The summed E-state index contributed by atoms with van der Waals surface area (Å²) in [6, 6.07) is 3.74. The number of hydrogen-bond donors (Lipinski definition) is 1. The van der Waals surface area contributed by atoms with Crippen molar-refractivity contribution < 1.29 is 8.78 Å². The zero-order valence-electron chi connectivity index (χ0n) is 12.4. The minimum Gasteiger partial charge on any atom is -0.314 e. The fourth-order valence-corrected chi connectivity index (χ4v) is 2.79. The highest BCUT2D eigenvalue weighted by Crippen LogP contribution is 2.32. The Bertz CT molecular complexity index is 426. The van der Waals surface area contributed by atoms with E-state index in [1.807, 2.05) is 0 Å². The molecule has 1 aromatic rings. The van der Waals surface area contributed by atoms with Gasteiger partial charge < -0.3 is 5.32 Å². The predicted molar refractivity (Wildman–Crippen MR) is 87.5 cm³/mol. The molecule has 1 saturated heterocycles. The first-order chi connectivity index (χ1) is 9.13. The highest BCUT2D eigenvalue weighted by Gasteiger charge is 2.28. The molecule has 1 fully saturated rings. The topological polar surface area (TPSA) is 15.3 Å². The van der Waals surface area contributed by atoms with E-state index in [4.69, 9.17) is 0 Å². The Morgan fingerprint density at radius 1 is 1.19 bits per heavy atom. The number of rotatable bonds is 4. The number of nitrogens with zero attached hydrogens (tertiary/aromatic N) is 1. The molecule has 0 amide bonds. The molecule has 6 heteroatoms. The van der Waals surface area contributed by atoms with Crippen molar-refractivity contribution >= 4 is 24.8 Å². The predicted octanol–water partition coefficient (Wildman–Crippen LogP) is 3.80. The third-order valence-corrected chi connectivity index (χ3v) is 4.00. The molecule has 1 heterocycles. The van der Waals surface area contributed by atoms with Crippen molar-refractivity contribution in [3.8, 4) is 0 Å². The highest BCUT2D eigenvalue weighted by molar-refractivity contribution is 5.85. The average molecular weight is 341 g/mol. The van der Waals surface area contributed by atoms with Crippen molar-refractivity contribution in [1.29, 1.82) is 0 Å². The van der Waals surface area contributed by atoms with Gasteiger partial charge in [0.25, 0.3) is 0 Å². The molecule has 2 atom stereocenters. The highest BCUT2D eigenvalue weighted by atomic mass is 35.5. The molecular weight excluding hydrogens is 317 g/mol. The molecule has 21 heavy (non-hydrogen) atoms. The molecule has 0 spiro atoms. The molecule has 0 radical (unpaired) electrons. The quantitative estimate of drug-likeness (QED) is 0.896. The Hall–Kier alpha value is -0.420. The second-order valence-electron chi connectivity index (χ2n) is 5.28. The van der Waals surface area contributed by atoms with E-state index in [2.05, 4.69) is 24.1 Å². The van der Waals surface area contributed by atoms with Crippen LogP contribution in [-0.2, 0) is 0 Å². The smallest absolute Gasteiger partial charge is 0.128 e. The lowest BCUT2D eigenvalue weighted by Gasteiger charge is -2.38. The summed E-state index contributed by atoms with van der Waals surface area (Å²) in [6.45, 7) is 7.78. The van der Waals surface area contributed by atoms with Crippen LogP contribution in [0.25, 0.3) is 0 Å². The van der Waals surface area contributed by atoms with Gasteiger partial charge in [0, 0.05) is 37.8 Å². The summed E-state index contributed by atoms with van der Waals surface area (Å²) in [5, 5.41) is 3.29. The molecule has 1 N–H and O–H groups in total. The van der Waals surface area contributed by atoms with Crippen LogP contribution in [-0.4, -0.2) is 31.1 Å². The van der Waals surface area contributed by atoms with E-state index in [1.165, 1.54) is 18.2 Å². The van der Waals surface area contributed by atoms with Gasteiger partial charge in [0.05, 0.1) is 0 Å². The van der Waals surface area contributed by atoms with Gasteiger partial charge in [-0.15, -0.1) is 24.8 Å². The van der Waals surface area contributed by atoms with Gasteiger partial charge in [-0.05, 0) is 24.1 Å². The minimum atomic E-state index is -0.361. The molecule has 2 nitrogen and oxygen atoms in total. The molecule has 1 aliphatic rings. The fourth-order valence-electron chi connectivity index (χ4n) is 2.79. The Balaban J connectivity index is 0.00000200. The number of benzene rings is 1. The van der Waals surface area contributed by atoms with Crippen LogP contribution in [0.15, 0.2) is 18.2 Å². The molecule has 1 unspecified atom stereocenters.